The van der Waals surface area contributed by atoms with Crippen molar-refractivity contribution < 1.29 is 14.3 Å². The first-order valence-corrected chi connectivity index (χ1v) is 6.82. The van der Waals surface area contributed by atoms with Gasteiger partial charge in [0.25, 0.3) is 0 Å². The van der Waals surface area contributed by atoms with E-state index in [4.69, 9.17) is 4.74 Å². The number of hydrogen-bond donors (Lipinski definition) is 2. The summed E-state index contributed by atoms with van der Waals surface area (Å²) in [6.07, 6.45) is 0. The minimum atomic E-state index is -0.289. The molecule has 1 aromatic rings. The molecule has 0 saturated carbocycles. The molecular formula is C13H21N5O3. The maximum Gasteiger partial charge on any atom is 0.246 e. The second-order valence-corrected chi connectivity index (χ2v) is 5.01. The molecule has 1 fully saturated rings. The first-order chi connectivity index (χ1) is 10.0. The Morgan fingerprint density at radius 2 is 2.00 bits per heavy atom. The lowest BCUT2D eigenvalue weighted by atomic mass is 10.2. The van der Waals surface area contributed by atoms with Gasteiger partial charge < -0.3 is 15.0 Å². The minimum Gasteiger partial charge on any atom is -0.383 e. The largest absolute Gasteiger partial charge is 0.383 e. The van der Waals surface area contributed by atoms with Crippen molar-refractivity contribution >= 4 is 17.6 Å². The van der Waals surface area contributed by atoms with Crippen molar-refractivity contribution in [3.8, 4) is 0 Å². The zero-order valence-corrected chi connectivity index (χ0v) is 12.6. The summed E-state index contributed by atoms with van der Waals surface area (Å²) >= 11 is 0. The van der Waals surface area contributed by atoms with Crippen LogP contribution in [0.5, 0.6) is 0 Å². The Morgan fingerprint density at radius 1 is 1.33 bits per heavy atom. The highest BCUT2D eigenvalue weighted by Crippen LogP contribution is 2.23. The van der Waals surface area contributed by atoms with Crippen LogP contribution in [0.25, 0.3) is 0 Å². The zero-order valence-electron chi connectivity index (χ0n) is 12.6. The number of imide groups is 1. The van der Waals surface area contributed by atoms with Gasteiger partial charge in [0.15, 0.2) is 0 Å². The third-order valence-corrected chi connectivity index (χ3v) is 3.35. The van der Waals surface area contributed by atoms with Crippen molar-refractivity contribution in [3.05, 3.63) is 11.3 Å². The molecule has 21 heavy (non-hydrogen) atoms. The number of nitrogens with one attached hydrogen (secondary N) is 2. The van der Waals surface area contributed by atoms with E-state index in [0.29, 0.717) is 13.2 Å². The van der Waals surface area contributed by atoms with Crippen molar-refractivity contribution in [1.82, 2.24) is 20.4 Å². The molecule has 0 bridgehead atoms. The van der Waals surface area contributed by atoms with Gasteiger partial charge in [-0.2, -0.15) is 5.10 Å². The fraction of sp³-hybridized carbons (Fsp3) is 0.615. The van der Waals surface area contributed by atoms with Crippen molar-refractivity contribution in [2.75, 3.05) is 38.3 Å². The number of carbonyl (C=O) groups excluding carboxylic acids is 2. The predicted octanol–water partition coefficient (Wildman–Crippen LogP) is -1.07. The van der Waals surface area contributed by atoms with Crippen molar-refractivity contribution in [2.45, 2.75) is 13.5 Å². The van der Waals surface area contributed by atoms with E-state index in [9.17, 15) is 9.59 Å². The summed E-state index contributed by atoms with van der Waals surface area (Å²) in [5.41, 5.74) is 1.88. The number of amides is 2. The summed E-state index contributed by atoms with van der Waals surface area (Å²) in [6.45, 7) is 4.21. The number of nitrogens with zero attached hydrogens (tertiary/aromatic N) is 3. The van der Waals surface area contributed by atoms with Crippen molar-refractivity contribution in [2.24, 2.45) is 7.05 Å². The molecule has 2 N–H and O–H groups in total. The number of carbonyl (C=O) groups is 2. The van der Waals surface area contributed by atoms with E-state index in [1.54, 1.807) is 16.7 Å². The third kappa shape index (κ3) is 3.59. The average molecular weight is 295 g/mol. The van der Waals surface area contributed by atoms with Gasteiger partial charge in [-0.25, -0.2) is 0 Å². The van der Waals surface area contributed by atoms with E-state index in [0.717, 1.165) is 23.6 Å². The molecule has 1 aromatic heterocycles. The molecule has 0 aromatic carbocycles. The van der Waals surface area contributed by atoms with E-state index < -0.39 is 0 Å². The van der Waals surface area contributed by atoms with Gasteiger partial charge in [-0.1, -0.05) is 0 Å². The summed E-state index contributed by atoms with van der Waals surface area (Å²) in [5, 5.41) is 9.97. The number of ether oxygens (including phenoxy) is 1. The molecule has 2 heterocycles. The number of methoxy groups -OCH3 is 1. The van der Waals surface area contributed by atoms with E-state index >= 15 is 0 Å². The van der Waals surface area contributed by atoms with Crippen molar-refractivity contribution in [1.29, 1.82) is 0 Å². The molecule has 8 heteroatoms. The Labute approximate surface area is 123 Å². The van der Waals surface area contributed by atoms with Crippen molar-refractivity contribution in [3.63, 3.8) is 0 Å². The van der Waals surface area contributed by atoms with Crippen LogP contribution in [0.2, 0.25) is 0 Å². The van der Waals surface area contributed by atoms with Crippen LogP contribution in [-0.4, -0.2) is 54.9 Å². The summed E-state index contributed by atoms with van der Waals surface area (Å²) in [5.74, 6) is 0.229. The van der Waals surface area contributed by atoms with E-state index in [2.05, 4.69) is 15.7 Å². The Morgan fingerprint density at radius 3 is 2.62 bits per heavy atom. The van der Waals surface area contributed by atoms with E-state index in [-0.39, 0.29) is 24.9 Å². The van der Waals surface area contributed by atoms with Crippen LogP contribution in [0.15, 0.2) is 0 Å². The molecule has 2 rings (SSSR count). The van der Waals surface area contributed by atoms with Gasteiger partial charge in [-0.15, -0.1) is 0 Å². The summed E-state index contributed by atoms with van der Waals surface area (Å²) < 4.78 is 6.72. The Hall–Kier alpha value is -1.93. The first kappa shape index (κ1) is 15.5. The van der Waals surface area contributed by atoms with Gasteiger partial charge in [0.2, 0.25) is 11.8 Å². The fourth-order valence-electron chi connectivity index (χ4n) is 2.47. The van der Waals surface area contributed by atoms with Crippen LogP contribution in [0.1, 0.15) is 11.3 Å². The number of piperazine rings is 1. The Kier molecular flexibility index (Phi) is 4.92. The molecule has 2 amide bonds. The van der Waals surface area contributed by atoms with Gasteiger partial charge in [0.1, 0.15) is 5.82 Å². The predicted molar refractivity (Wildman–Crippen MR) is 76.9 cm³/mol. The van der Waals surface area contributed by atoms with Crippen LogP contribution < -0.4 is 15.5 Å². The summed E-state index contributed by atoms with van der Waals surface area (Å²) in [7, 11) is 3.47. The first-order valence-electron chi connectivity index (χ1n) is 6.82. The van der Waals surface area contributed by atoms with Gasteiger partial charge in [0.05, 0.1) is 25.4 Å². The average Bonchev–Trinajstić information content (AvgIpc) is 2.68. The SMILES string of the molecule is COCCNCc1c(C)nn(C)c1N1CC(=O)NC(=O)C1. The molecule has 0 aliphatic carbocycles. The number of hydrogen-bond acceptors (Lipinski definition) is 6. The van der Waals surface area contributed by atoms with Gasteiger partial charge >= 0.3 is 0 Å². The van der Waals surface area contributed by atoms with Gasteiger partial charge in [0, 0.05) is 32.8 Å². The molecule has 0 unspecified atom stereocenters. The van der Waals surface area contributed by atoms with Crippen LogP contribution in [0, 0.1) is 6.92 Å². The van der Waals surface area contributed by atoms with Crippen LogP contribution in [0.4, 0.5) is 5.82 Å². The standard InChI is InChI=1S/C13H21N5O3/c1-9-10(6-14-4-5-21-3)13(17(2)16-9)18-7-11(19)15-12(20)8-18/h14H,4-8H2,1-3H3,(H,15,19,20). The molecule has 8 nitrogen and oxygen atoms in total. The van der Waals surface area contributed by atoms with Gasteiger partial charge in [-0.05, 0) is 6.92 Å². The highest BCUT2D eigenvalue weighted by atomic mass is 16.5. The lowest BCUT2D eigenvalue weighted by Crippen LogP contribution is -2.52. The monoisotopic (exact) mass is 295 g/mol. The van der Waals surface area contributed by atoms with E-state index in [1.807, 2.05) is 14.0 Å². The second kappa shape index (κ2) is 6.68. The van der Waals surface area contributed by atoms with Crippen LogP contribution in [0.3, 0.4) is 0 Å². The summed E-state index contributed by atoms with van der Waals surface area (Å²) in [6, 6.07) is 0. The van der Waals surface area contributed by atoms with Crippen LogP contribution >= 0.6 is 0 Å². The molecular weight excluding hydrogens is 274 g/mol. The molecule has 1 saturated heterocycles. The number of aromatic nitrogens is 2. The molecule has 0 spiro atoms. The highest BCUT2D eigenvalue weighted by molar-refractivity contribution is 6.02. The topological polar surface area (TPSA) is 88.5 Å². The van der Waals surface area contributed by atoms with E-state index in [1.165, 1.54) is 0 Å². The van der Waals surface area contributed by atoms with Crippen LogP contribution in [-0.2, 0) is 27.9 Å². The normalized spacial score (nSPS) is 15.5. The Bertz CT molecular complexity index is 524. The highest BCUT2D eigenvalue weighted by Gasteiger charge is 2.27. The lowest BCUT2D eigenvalue weighted by Gasteiger charge is -2.28. The summed E-state index contributed by atoms with van der Waals surface area (Å²) in [4.78, 5) is 24.9. The molecule has 116 valence electrons. The number of rotatable bonds is 6. The second-order valence-electron chi connectivity index (χ2n) is 5.01. The zero-order chi connectivity index (χ0) is 15.4. The molecule has 1 aliphatic rings. The maximum absolute atomic E-state index is 11.6. The molecule has 0 radical (unpaired) electrons. The molecule has 0 atom stereocenters. The lowest BCUT2D eigenvalue weighted by molar-refractivity contribution is -0.130. The Balaban J connectivity index is 2.17. The minimum absolute atomic E-state index is 0.162. The quantitative estimate of drug-likeness (QED) is 0.513. The third-order valence-electron chi connectivity index (χ3n) is 3.35. The van der Waals surface area contributed by atoms with Gasteiger partial charge in [-0.3, -0.25) is 19.6 Å². The smallest absolute Gasteiger partial charge is 0.246 e. The number of anilines is 1. The maximum atomic E-state index is 11.6. The fourth-order valence-corrected chi connectivity index (χ4v) is 2.47. The molecule has 1 aliphatic heterocycles. The number of aryl methyl sites for hydroxylation is 2.